The van der Waals surface area contributed by atoms with Gasteiger partial charge < -0.3 is 14.4 Å². The molecule has 0 radical (unpaired) electrons. The minimum Gasteiger partial charge on any atom is -0.489 e. The van der Waals surface area contributed by atoms with Gasteiger partial charge in [0.05, 0.1) is 12.6 Å². The lowest BCUT2D eigenvalue weighted by Crippen LogP contribution is -2.54. The number of likely N-dealkylation sites (tertiary alicyclic amines) is 1. The van der Waals surface area contributed by atoms with Crippen molar-refractivity contribution in [3.63, 3.8) is 0 Å². The summed E-state index contributed by atoms with van der Waals surface area (Å²) in [6.07, 6.45) is 1.76. The fraction of sp³-hybridized carbons (Fsp3) is 0.375. The van der Waals surface area contributed by atoms with Crippen LogP contribution in [-0.4, -0.2) is 65.1 Å². The lowest BCUT2D eigenvalue weighted by atomic mass is 9.80. The molecule has 1 unspecified atom stereocenters. The summed E-state index contributed by atoms with van der Waals surface area (Å²) in [5, 5.41) is 1.26. The molecule has 2 aromatic rings. The number of rotatable bonds is 5. The highest BCUT2D eigenvalue weighted by Gasteiger charge is 2.54. The smallest absolute Gasteiger partial charge is 0.425 e. The van der Waals surface area contributed by atoms with Crippen molar-refractivity contribution in [1.29, 1.82) is 0 Å². The van der Waals surface area contributed by atoms with Crippen LogP contribution in [0, 0.1) is 0 Å². The number of para-hydroxylation sites is 1. The molecule has 1 N–H and O–H groups in total. The first-order valence-electron chi connectivity index (χ1n) is 10.9. The lowest BCUT2D eigenvalue weighted by molar-refractivity contribution is -0.123. The molecule has 2 atom stereocenters. The van der Waals surface area contributed by atoms with Gasteiger partial charge in [-0.25, -0.2) is 15.2 Å². The van der Waals surface area contributed by atoms with Crippen LogP contribution in [0.4, 0.5) is 4.79 Å². The molecule has 2 aromatic carbocycles. The highest BCUT2D eigenvalue weighted by atomic mass is 16.6. The normalized spacial score (nSPS) is 23.4. The first-order chi connectivity index (χ1) is 15.6. The van der Waals surface area contributed by atoms with Gasteiger partial charge >= 0.3 is 6.09 Å². The molecule has 0 bridgehead atoms. The molecule has 3 aliphatic rings. The van der Waals surface area contributed by atoms with Crippen LogP contribution in [0.1, 0.15) is 29.6 Å². The lowest BCUT2D eigenvalue weighted by Gasteiger charge is -2.41. The van der Waals surface area contributed by atoms with Crippen LogP contribution in [0.15, 0.2) is 60.7 Å². The number of fused-ring (bicyclic) bond motifs is 1. The van der Waals surface area contributed by atoms with Gasteiger partial charge in [0.15, 0.2) is 5.78 Å². The third-order valence-corrected chi connectivity index (χ3v) is 6.46. The van der Waals surface area contributed by atoms with Crippen LogP contribution >= 0.6 is 0 Å². The van der Waals surface area contributed by atoms with Crippen molar-refractivity contribution in [2.45, 2.75) is 36.9 Å². The van der Waals surface area contributed by atoms with Crippen LogP contribution in [0.3, 0.4) is 0 Å². The molecule has 0 spiro atoms. The van der Waals surface area contributed by atoms with Crippen molar-refractivity contribution in [1.82, 2.24) is 15.3 Å². The molecule has 1 aliphatic carbocycles. The third kappa shape index (κ3) is 3.71. The molecule has 2 aliphatic heterocycles. The Morgan fingerprint density at radius 1 is 1.03 bits per heavy atom. The number of carbonyl (C=O) groups is 3. The fourth-order valence-electron chi connectivity index (χ4n) is 4.55. The van der Waals surface area contributed by atoms with E-state index in [0.717, 1.165) is 12.2 Å². The maximum Gasteiger partial charge on any atom is 0.425 e. The molecule has 2 amide bonds. The van der Waals surface area contributed by atoms with Crippen LogP contribution in [0.5, 0.6) is 5.75 Å². The van der Waals surface area contributed by atoms with E-state index in [1.54, 1.807) is 29.2 Å². The van der Waals surface area contributed by atoms with Gasteiger partial charge in [-0.05, 0) is 43.5 Å². The number of ketones is 1. The second-order valence-corrected chi connectivity index (χ2v) is 8.52. The van der Waals surface area contributed by atoms with E-state index in [2.05, 4.69) is 5.43 Å². The zero-order chi connectivity index (χ0) is 22.1. The summed E-state index contributed by atoms with van der Waals surface area (Å²) in [4.78, 5) is 40.3. The van der Waals surface area contributed by atoms with Gasteiger partial charge in [-0.2, -0.15) is 0 Å². The van der Waals surface area contributed by atoms with Crippen LogP contribution in [0.2, 0.25) is 0 Å². The number of Topliss-reactive ketones (excluding diaryl/α,β-unsaturated/α-hetero) is 1. The first kappa shape index (κ1) is 20.5. The van der Waals surface area contributed by atoms with E-state index in [4.69, 9.17) is 9.47 Å². The molecule has 8 heteroatoms. The molecule has 32 heavy (non-hydrogen) atoms. The van der Waals surface area contributed by atoms with E-state index in [9.17, 15) is 14.4 Å². The Bertz CT molecular complexity index is 1010. The van der Waals surface area contributed by atoms with Crippen molar-refractivity contribution in [2.24, 2.45) is 0 Å². The van der Waals surface area contributed by atoms with Gasteiger partial charge in [-0.3, -0.25) is 9.59 Å². The van der Waals surface area contributed by atoms with E-state index < -0.39 is 23.8 Å². The number of hydrogen-bond donors (Lipinski definition) is 1. The average Bonchev–Trinajstić information content (AvgIpc) is 3.38. The first-order valence-corrected chi connectivity index (χ1v) is 10.9. The Hall–Kier alpha value is -3.39. The Labute approximate surface area is 186 Å². The maximum absolute atomic E-state index is 13.0. The molecule has 1 saturated carbocycles. The zero-order valence-electron chi connectivity index (χ0n) is 17.6. The minimum absolute atomic E-state index is 0.0171. The standard InChI is InChI=1S/C24H25N3O5/c28-20-15-26(22(29)17-8-3-1-4-9-17)19-14-25-27(21(19)20)23(30)32-24(12-7-13-24)16-31-18-10-5-2-6-11-18/h1-6,8-11,19,21,25H,7,12-16H2/t19-,21?/m1/s1. The Morgan fingerprint density at radius 3 is 2.38 bits per heavy atom. The van der Waals surface area contributed by atoms with Crippen molar-refractivity contribution < 1.29 is 23.9 Å². The topological polar surface area (TPSA) is 88.2 Å². The summed E-state index contributed by atoms with van der Waals surface area (Å²) in [7, 11) is 0. The molecular formula is C24H25N3O5. The molecule has 0 aromatic heterocycles. The van der Waals surface area contributed by atoms with E-state index in [1.165, 1.54) is 5.01 Å². The number of hydrogen-bond acceptors (Lipinski definition) is 6. The predicted molar refractivity (Wildman–Crippen MR) is 115 cm³/mol. The summed E-state index contributed by atoms with van der Waals surface area (Å²) in [6.45, 7) is 0.561. The number of nitrogens with zero attached hydrogens (tertiary/aromatic N) is 2. The Kier molecular flexibility index (Phi) is 5.30. The number of benzene rings is 2. The molecule has 2 heterocycles. The Balaban J connectivity index is 1.25. The molecule has 166 valence electrons. The van der Waals surface area contributed by atoms with Crippen molar-refractivity contribution in [3.8, 4) is 5.75 Å². The van der Waals surface area contributed by atoms with Crippen LogP contribution in [0.25, 0.3) is 0 Å². The number of ether oxygens (including phenoxy) is 2. The minimum atomic E-state index is -0.748. The average molecular weight is 435 g/mol. The third-order valence-electron chi connectivity index (χ3n) is 6.46. The number of carbonyl (C=O) groups excluding carboxylic acids is 3. The molecule has 8 nitrogen and oxygen atoms in total. The second kappa shape index (κ2) is 8.27. The summed E-state index contributed by atoms with van der Waals surface area (Å²) in [5.74, 6) is 0.329. The molecule has 2 saturated heterocycles. The number of nitrogens with one attached hydrogen (secondary N) is 1. The summed E-state index contributed by atoms with van der Waals surface area (Å²) < 4.78 is 11.7. The highest BCUT2D eigenvalue weighted by molar-refractivity contribution is 6.02. The van der Waals surface area contributed by atoms with Gasteiger partial charge in [-0.15, -0.1) is 0 Å². The van der Waals surface area contributed by atoms with E-state index >= 15 is 0 Å². The zero-order valence-corrected chi connectivity index (χ0v) is 17.6. The Morgan fingerprint density at radius 2 is 1.72 bits per heavy atom. The van der Waals surface area contributed by atoms with Gasteiger partial charge in [-0.1, -0.05) is 36.4 Å². The number of amides is 2. The highest BCUT2D eigenvalue weighted by Crippen LogP contribution is 2.37. The number of hydrazine groups is 1. The van der Waals surface area contributed by atoms with Gasteiger partial charge in [0.1, 0.15) is 24.0 Å². The molecule has 5 rings (SSSR count). The van der Waals surface area contributed by atoms with Crippen molar-refractivity contribution in [2.75, 3.05) is 19.7 Å². The van der Waals surface area contributed by atoms with Crippen molar-refractivity contribution >= 4 is 17.8 Å². The quantitative estimate of drug-likeness (QED) is 0.776. The van der Waals surface area contributed by atoms with Crippen molar-refractivity contribution in [3.05, 3.63) is 66.2 Å². The maximum atomic E-state index is 13.0. The fourth-order valence-corrected chi connectivity index (χ4v) is 4.55. The summed E-state index contributed by atoms with van der Waals surface area (Å²) in [5.41, 5.74) is 2.79. The van der Waals surface area contributed by atoms with Crippen LogP contribution < -0.4 is 10.2 Å². The van der Waals surface area contributed by atoms with Gasteiger partial charge in [0.25, 0.3) is 5.91 Å². The van der Waals surface area contributed by atoms with E-state index in [-0.39, 0.29) is 24.8 Å². The van der Waals surface area contributed by atoms with E-state index in [1.807, 2.05) is 36.4 Å². The largest absolute Gasteiger partial charge is 0.489 e. The molecule has 3 fully saturated rings. The van der Waals surface area contributed by atoms with Crippen LogP contribution in [-0.2, 0) is 9.53 Å². The SMILES string of the molecule is O=C1CN(C(=O)c2ccccc2)[C@@H]2CNN(C(=O)OC3(COc4ccccc4)CCC3)C12. The second-order valence-electron chi connectivity index (χ2n) is 8.52. The summed E-state index contributed by atoms with van der Waals surface area (Å²) in [6, 6.07) is 17.1. The van der Waals surface area contributed by atoms with E-state index in [0.29, 0.717) is 24.9 Å². The predicted octanol–water partition coefficient (Wildman–Crippen LogP) is 2.41. The summed E-state index contributed by atoms with van der Waals surface area (Å²) >= 11 is 0. The molecular weight excluding hydrogens is 410 g/mol. The van der Waals surface area contributed by atoms with Gasteiger partial charge in [0, 0.05) is 12.1 Å². The monoisotopic (exact) mass is 435 g/mol. The van der Waals surface area contributed by atoms with Gasteiger partial charge in [0.2, 0.25) is 0 Å².